The number of anilines is 1. The first-order valence-corrected chi connectivity index (χ1v) is 7.61. The van der Waals surface area contributed by atoms with Gasteiger partial charge in [-0.3, -0.25) is 4.79 Å². The van der Waals surface area contributed by atoms with Gasteiger partial charge in [-0.1, -0.05) is 40.2 Å². The summed E-state index contributed by atoms with van der Waals surface area (Å²) in [5.74, 6) is 0.0170. The standard InChI is InChI=1S/C16H16BrNO2/c17-14-7-8-15(13-6-2-1-5-12(13)14)18-16(19)11-4-3-9-20-10-11/h1-2,5-8,11H,3-4,9-10H2,(H,18,19). The minimum absolute atomic E-state index is 0.0360. The minimum atomic E-state index is -0.0360. The largest absolute Gasteiger partial charge is 0.381 e. The molecule has 1 fully saturated rings. The average molecular weight is 334 g/mol. The fourth-order valence-corrected chi connectivity index (χ4v) is 3.03. The maximum Gasteiger partial charge on any atom is 0.229 e. The van der Waals surface area contributed by atoms with E-state index in [0.717, 1.165) is 40.4 Å². The number of hydrogen-bond acceptors (Lipinski definition) is 2. The number of amides is 1. The summed E-state index contributed by atoms with van der Waals surface area (Å²) in [5.41, 5.74) is 0.861. The molecule has 2 aromatic carbocycles. The second kappa shape index (κ2) is 5.94. The summed E-state index contributed by atoms with van der Waals surface area (Å²) >= 11 is 3.54. The smallest absolute Gasteiger partial charge is 0.229 e. The van der Waals surface area contributed by atoms with Crippen molar-refractivity contribution in [3.05, 3.63) is 40.9 Å². The average Bonchev–Trinajstić information content (AvgIpc) is 2.51. The van der Waals surface area contributed by atoms with Crippen LogP contribution in [0.3, 0.4) is 0 Å². The highest BCUT2D eigenvalue weighted by atomic mass is 79.9. The Morgan fingerprint density at radius 3 is 2.75 bits per heavy atom. The Morgan fingerprint density at radius 2 is 2.00 bits per heavy atom. The van der Waals surface area contributed by atoms with E-state index in [2.05, 4.69) is 21.2 Å². The van der Waals surface area contributed by atoms with Crippen molar-refractivity contribution in [2.24, 2.45) is 5.92 Å². The third-order valence-electron chi connectivity index (χ3n) is 3.66. The highest BCUT2D eigenvalue weighted by Gasteiger charge is 2.22. The number of carbonyl (C=O) groups is 1. The van der Waals surface area contributed by atoms with Gasteiger partial charge in [-0.05, 0) is 30.4 Å². The SMILES string of the molecule is O=C(Nc1ccc(Br)c2ccccc12)C1CCCOC1. The summed E-state index contributed by atoms with van der Waals surface area (Å²) < 4.78 is 6.41. The van der Waals surface area contributed by atoms with Gasteiger partial charge in [0.2, 0.25) is 5.91 Å². The van der Waals surface area contributed by atoms with Crippen LogP contribution in [0.25, 0.3) is 10.8 Å². The van der Waals surface area contributed by atoms with Crippen molar-refractivity contribution < 1.29 is 9.53 Å². The van der Waals surface area contributed by atoms with Crippen molar-refractivity contribution in [2.45, 2.75) is 12.8 Å². The number of fused-ring (bicyclic) bond motifs is 1. The van der Waals surface area contributed by atoms with Gasteiger partial charge in [0.15, 0.2) is 0 Å². The molecular formula is C16H16BrNO2. The molecule has 1 saturated heterocycles. The Balaban J connectivity index is 1.87. The van der Waals surface area contributed by atoms with E-state index in [9.17, 15) is 4.79 Å². The van der Waals surface area contributed by atoms with Crippen LogP contribution in [-0.2, 0) is 9.53 Å². The molecule has 1 atom stereocenters. The summed E-state index contributed by atoms with van der Waals surface area (Å²) in [4.78, 5) is 12.3. The minimum Gasteiger partial charge on any atom is -0.381 e. The van der Waals surface area contributed by atoms with Crippen LogP contribution >= 0.6 is 15.9 Å². The molecule has 0 spiro atoms. The van der Waals surface area contributed by atoms with Crippen LogP contribution in [0.5, 0.6) is 0 Å². The highest BCUT2D eigenvalue weighted by molar-refractivity contribution is 9.10. The molecule has 1 amide bonds. The van der Waals surface area contributed by atoms with Crippen LogP contribution in [-0.4, -0.2) is 19.1 Å². The number of hydrogen-bond donors (Lipinski definition) is 1. The Morgan fingerprint density at radius 1 is 1.20 bits per heavy atom. The monoisotopic (exact) mass is 333 g/mol. The second-order valence-corrected chi connectivity index (χ2v) is 5.90. The third kappa shape index (κ3) is 2.72. The van der Waals surface area contributed by atoms with Gasteiger partial charge in [-0.15, -0.1) is 0 Å². The van der Waals surface area contributed by atoms with E-state index >= 15 is 0 Å². The van der Waals surface area contributed by atoms with Gasteiger partial charge < -0.3 is 10.1 Å². The van der Waals surface area contributed by atoms with Gasteiger partial charge in [0.05, 0.1) is 12.5 Å². The van der Waals surface area contributed by atoms with E-state index in [1.165, 1.54) is 0 Å². The summed E-state index contributed by atoms with van der Waals surface area (Å²) in [6, 6.07) is 11.9. The molecule has 2 aromatic rings. The summed E-state index contributed by atoms with van der Waals surface area (Å²) in [6.07, 6.45) is 1.86. The van der Waals surface area contributed by atoms with Crippen LogP contribution < -0.4 is 5.32 Å². The molecule has 20 heavy (non-hydrogen) atoms. The molecule has 1 unspecified atom stereocenters. The lowest BCUT2D eigenvalue weighted by Gasteiger charge is -2.21. The lowest BCUT2D eigenvalue weighted by molar-refractivity contribution is -0.123. The summed E-state index contributed by atoms with van der Waals surface area (Å²) in [7, 11) is 0. The van der Waals surface area contributed by atoms with E-state index in [4.69, 9.17) is 4.74 Å². The molecule has 0 saturated carbocycles. The van der Waals surface area contributed by atoms with Gasteiger partial charge in [-0.2, -0.15) is 0 Å². The predicted octanol–water partition coefficient (Wildman–Crippen LogP) is 3.97. The Hall–Kier alpha value is -1.39. The third-order valence-corrected chi connectivity index (χ3v) is 4.35. The van der Waals surface area contributed by atoms with Gasteiger partial charge in [0.1, 0.15) is 0 Å². The van der Waals surface area contributed by atoms with Crippen molar-refractivity contribution in [2.75, 3.05) is 18.5 Å². The first-order valence-electron chi connectivity index (χ1n) is 6.81. The molecule has 3 nitrogen and oxygen atoms in total. The molecule has 0 aliphatic carbocycles. The molecular weight excluding hydrogens is 318 g/mol. The molecule has 1 aliphatic heterocycles. The van der Waals surface area contributed by atoms with Crippen LogP contribution in [0.15, 0.2) is 40.9 Å². The van der Waals surface area contributed by atoms with Gasteiger partial charge in [0.25, 0.3) is 0 Å². The highest BCUT2D eigenvalue weighted by Crippen LogP contribution is 2.30. The van der Waals surface area contributed by atoms with Crippen molar-refractivity contribution in [1.29, 1.82) is 0 Å². The van der Waals surface area contributed by atoms with Crippen LogP contribution in [0, 0.1) is 5.92 Å². The molecule has 4 heteroatoms. The van der Waals surface area contributed by atoms with Crippen molar-refractivity contribution in [1.82, 2.24) is 0 Å². The quantitative estimate of drug-likeness (QED) is 0.903. The van der Waals surface area contributed by atoms with Crippen molar-refractivity contribution in [3.63, 3.8) is 0 Å². The Labute approximate surface area is 126 Å². The fraction of sp³-hybridized carbons (Fsp3) is 0.312. The van der Waals surface area contributed by atoms with Crippen LogP contribution in [0.1, 0.15) is 12.8 Å². The van der Waals surface area contributed by atoms with Gasteiger partial charge in [0, 0.05) is 22.2 Å². The van der Waals surface area contributed by atoms with Crippen molar-refractivity contribution >= 4 is 38.3 Å². The maximum atomic E-state index is 12.3. The zero-order chi connectivity index (χ0) is 13.9. The second-order valence-electron chi connectivity index (χ2n) is 5.04. The van der Waals surface area contributed by atoms with E-state index < -0.39 is 0 Å². The number of halogens is 1. The number of nitrogens with one attached hydrogen (secondary N) is 1. The molecule has 3 rings (SSSR count). The molecule has 1 N–H and O–H groups in total. The predicted molar refractivity (Wildman–Crippen MR) is 83.8 cm³/mol. The van der Waals surface area contributed by atoms with E-state index in [1.807, 2.05) is 36.4 Å². The first-order chi connectivity index (χ1) is 9.75. The molecule has 104 valence electrons. The molecule has 1 heterocycles. The molecule has 0 radical (unpaired) electrons. The zero-order valence-corrected chi connectivity index (χ0v) is 12.7. The number of ether oxygens (including phenoxy) is 1. The van der Waals surface area contributed by atoms with Gasteiger partial charge in [-0.25, -0.2) is 0 Å². The van der Waals surface area contributed by atoms with Gasteiger partial charge >= 0.3 is 0 Å². The van der Waals surface area contributed by atoms with E-state index in [-0.39, 0.29) is 11.8 Å². The number of rotatable bonds is 2. The molecule has 0 bridgehead atoms. The lowest BCUT2D eigenvalue weighted by Crippen LogP contribution is -2.30. The van der Waals surface area contributed by atoms with Crippen LogP contribution in [0.4, 0.5) is 5.69 Å². The normalized spacial score (nSPS) is 18.9. The molecule has 0 aromatic heterocycles. The lowest BCUT2D eigenvalue weighted by atomic mass is 10.0. The number of benzene rings is 2. The van der Waals surface area contributed by atoms with Crippen LogP contribution in [0.2, 0.25) is 0 Å². The first kappa shape index (κ1) is 13.6. The summed E-state index contributed by atoms with van der Waals surface area (Å²) in [6.45, 7) is 1.30. The van der Waals surface area contributed by atoms with E-state index in [1.54, 1.807) is 0 Å². The fourth-order valence-electron chi connectivity index (χ4n) is 2.55. The number of carbonyl (C=O) groups excluding carboxylic acids is 1. The zero-order valence-electron chi connectivity index (χ0n) is 11.1. The maximum absolute atomic E-state index is 12.3. The Kier molecular flexibility index (Phi) is 4.03. The van der Waals surface area contributed by atoms with Crippen molar-refractivity contribution in [3.8, 4) is 0 Å². The molecule has 1 aliphatic rings. The summed E-state index contributed by atoms with van der Waals surface area (Å²) in [5, 5.41) is 5.19. The topological polar surface area (TPSA) is 38.3 Å². The Bertz CT molecular complexity index is 635. The van der Waals surface area contributed by atoms with E-state index in [0.29, 0.717) is 6.61 Å².